The highest BCUT2D eigenvalue weighted by Gasteiger charge is 2.24. The molecule has 0 saturated carbocycles. The summed E-state index contributed by atoms with van der Waals surface area (Å²) in [6.45, 7) is 9.08. The van der Waals surface area contributed by atoms with Gasteiger partial charge in [0, 0.05) is 42.2 Å². The van der Waals surface area contributed by atoms with Crippen LogP contribution in [0.3, 0.4) is 0 Å². The van der Waals surface area contributed by atoms with Crippen molar-refractivity contribution in [3.8, 4) is 0 Å². The van der Waals surface area contributed by atoms with Crippen LogP contribution < -0.4 is 10.9 Å². The van der Waals surface area contributed by atoms with Crippen LogP contribution in [0.1, 0.15) is 56.2 Å². The number of nitrogens with one attached hydrogen (secondary N) is 1. The first-order valence-corrected chi connectivity index (χ1v) is 11.8. The van der Waals surface area contributed by atoms with E-state index in [1.165, 1.54) is 0 Å². The Hall–Kier alpha value is -3.06. The lowest BCUT2D eigenvalue weighted by molar-refractivity contribution is 0.0906. The molecule has 0 aliphatic carbocycles. The summed E-state index contributed by atoms with van der Waals surface area (Å²) in [4.78, 5) is 32.0. The molecule has 1 aromatic carbocycles. The Morgan fingerprint density at radius 2 is 1.91 bits per heavy atom. The van der Waals surface area contributed by atoms with Crippen molar-refractivity contribution in [1.29, 1.82) is 0 Å². The maximum absolute atomic E-state index is 12.9. The van der Waals surface area contributed by atoms with E-state index in [1.807, 2.05) is 36.4 Å². The number of carbonyl (C=O) groups is 1. The SMILES string of the molecule is CC(C)(C)c1ccc(=O)n(CCN2CCCCC2CNC(=O)c2nccc3ccccc23)n1. The van der Waals surface area contributed by atoms with Crippen LogP contribution in [-0.4, -0.2) is 51.2 Å². The van der Waals surface area contributed by atoms with E-state index in [9.17, 15) is 9.59 Å². The van der Waals surface area contributed by atoms with Gasteiger partial charge in [0.05, 0.1) is 12.2 Å². The normalized spacial score (nSPS) is 17.2. The van der Waals surface area contributed by atoms with Gasteiger partial charge in [-0.3, -0.25) is 19.5 Å². The average molecular weight is 448 g/mol. The Bertz CT molecular complexity index is 1180. The molecule has 3 aromatic rings. The molecule has 1 aliphatic rings. The molecule has 1 amide bonds. The highest BCUT2D eigenvalue weighted by molar-refractivity contribution is 6.05. The predicted molar refractivity (Wildman–Crippen MR) is 130 cm³/mol. The first-order valence-electron chi connectivity index (χ1n) is 11.8. The maximum Gasteiger partial charge on any atom is 0.270 e. The summed E-state index contributed by atoms with van der Waals surface area (Å²) in [5.74, 6) is -0.145. The molecule has 1 fully saturated rings. The van der Waals surface area contributed by atoms with Crippen LogP contribution in [0.5, 0.6) is 0 Å². The highest BCUT2D eigenvalue weighted by Crippen LogP contribution is 2.20. The second-order valence-electron chi connectivity index (χ2n) is 9.81. The lowest BCUT2D eigenvalue weighted by atomic mass is 9.92. The summed E-state index contributed by atoms with van der Waals surface area (Å²) in [5.41, 5.74) is 1.19. The molecule has 1 atom stereocenters. The van der Waals surface area contributed by atoms with Crippen molar-refractivity contribution in [1.82, 2.24) is 25.0 Å². The van der Waals surface area contributed by atoms with Crippen LogP contribution in [0.4, 0.5) is 0 Å². The van der Waals surface area contributed by atoms with Gasteiger partial charge in [0.2, 0.25) is 0 Å². The zero-order valence-electron chi connectivity index (χ0n) is 19.8. The number of fused-ring (bicyclic) bond motifs is 1. The summed E-state index contributed by atoms with van der Waals surface area (Å²) in [6.07, 6.45) is 4.97. The van der Waals surface area contributed by atoms with Gasteiger partial charge >= 0.3 is 0 Å². The first-order chi connectivity index (χ1) is 15.8. The molecule has 2 aromatic heterocycles. The minimum absolute atomic E-state index is 0.0770. The number of benzene rings is 1. The van der Waals surface area contributed by atoms with Crippen molar-refractivity contribution in [2.24, 2.45) is 0 Å². The number of likely N-dealkylation sites (tertiary alicyclic amines) is 1. The number of hydrogen-bond donors (Lipinski definition) is 1. The number of rotatable bonds is 6. The summed E-state index contributed by atoms with van der Waals surface area (Å²) in [6, 6.07) is 13.4. The van der Waals surface area contributed by atoms with E-state index < -0.39 is 0 Å². The topological polar surface area (TPSA) is 80.1 Å². The van der Waals surface area contributed by atoms with Gasteiger partial charge < -0.3 is 5.32 Å². The summed E-state index contributed by atoms with van der Waals surface area (Å²) >= 11 is 0. The fraction of sp³-hybridized carbons (Fsp3) is 0.462. The van der Waals surface area contributed by atoms with Gasteiger partial charge in [-0.1, -0.05) is 51.5 Å². The molecule has 1 N–H and O–H groups in total. The molecule has 7 nitrogen and oxygen atoms in total. The zero-order valence-corrected chi connectivity index (χ0v) is 19.8. The number of hydrogen-bond acceptors (Lipinski definition) is 5. The van der Waals surface area contributed by atoms with E-state index in [-0.39, 0.29) is 22.9 Å². The number of nitrogens with zero attached hydrogens (tertiary/aromatic N) is 4. The van der Waals surface area contributed by atoms with E-state index in [2.05, 4.69) is 41.1 Å². The highest BCUT2D eigenvalue weighted by atomic mass is 16.2. The van der Waals surface area contributed by atoms with Crippen LogP contribution in [0, 0.1) is 0 Å². The van der Waals surface area contributed by atoms with Gasteiger partial charge in [0.15, 0.2) is 0 Å². The number of piperidine rings is 1. The van der Waals surface area contributed by atoms with Crippen molar-refractivity contribution in [3.63, 3.8) is 0 Å². The molecule has 7 heteroatoms. The molecule has 0 spiro atoms. The number of pyridine rings is 1. The fourth-order valence-corrected chi connectivity index (χ4v) is 4.41. The van der Waals surface area contributed by atoms with E-state index in [4.69, 9.17) is 0 Å². The third-order valence-electron chi connectivity index (χ3n) is 6.37. The van der Waals surface area contributed by atoms with Gasteiger partial charge in [0.1, 0.15) is 5.69 Å². The van der Waals surface area contributed by atoms with Gasteiger partial charge in [-0.25, -0.2) is 4.68 Å². The van der Waals surface area contributed by atoms with Crippen LogP contribution in [-0.2, 0) is 12.0 Å². The lowest BCUT2D eigenvalue weighted by Crippen LogP contribution is -2.48. The first kappa shape index (κ1) is 23.1. The van der Waals surface area contributed by atoms with Crippen molar-refractivity contribution in [2.45, 2.75) is 58.0 Å². The Morgan fingerprint density at radius 1 is 1.09 bits per heavy atom. The quantitative estimate of drug-likeness (QED) is 0.627. The second kappa shape index (κ2) is 9.83. The average Bonchev–Trinajstić information content (AvgIpc) is 2.81. The van der Waals surface area contributed by atoms with Crippen molar-refractivity contribution >= 4 is 16.7 Å². The monoisotopic (exact) mass is 447 g/mol. The zero-order chi connectivity index (χ0) is 23.4. The predicted octanol–water partition coefficient (Wildman–Crippen LogP) is 3.37. The molecule has 1 saturated heterocycles. The molecule has 3 heterocycles. The van der Waals surface area contributed by atoms with Crippen molar-refractivity contribution in [3.05, 3.63) is 70.4 Å². The Kier molecular flexibility index (Phi) is 6.88. The van der Waals surface area contributed by atoms with Gasteiger partial charge in [-0.2, -0.15) is 5.10 Å². The van der Waals surface area contributed by atoms with Gasteiger partial charge in [0.25, 0.3) is 11.5 Å². The number of carbonyl (C=O) groups excluding carboxylic acids is 1. The Morgan fingerprint density at radius 3 is 2.73 bits per heavy atom. The maximum atomic E-state index is 12.9. The van der Waals surface area contributed by atoms with Crippen LogP contribution >= 0.6 is 0 Å². The van der Waals surface area contributed by atoms with Crippen molar-refractivity contribution < 1.29 is 4.79 Å². The number of amides is 1. The Balaban J connectivity index is 1.41. The second-order valence-corrected chi connectivity index (χ2v) is 9.81. The van der Waals surface area contributed by atoms with Crippen LogP contribution in [0.25, 0.3) is 10.8 Å². The lowest BCUT2D eigenvalue weighted by Gasteiger charge is -2.35. The molecular weight excluding hydrogens is 414 g/mol. The number of aromatic nitrogens is 3. The minimum atomic E-state index is -0.145. The molecule has 0 bridgehead atoms. The summed E-state index contributed by atoms with van der Waals surface area (Å²) in [7, 11) is 0. The van der Waals surface area contributed by atoms with Gasteiger partial charge in [-0.15, -0.1) is 0 Å². The molecule has 4 rings (SSSR count). The van der Waals surface area contributed by atoms with E-state index in [1.54, 1.807) is 16.9 Å². The van der Waals surface area contributed by atoms with Crippen LogP contribution in [0.15, 0.2) is 53.5 Å². The summed E-state index contributed by atoms with van der Waals surface area (Å²) < 4.78 is 1.57. The smallest absolute Gasteiger partial charge is 0.270 e. The standard InChI is InChI=1S/C26H33N5O2/c1-26(2,3)22-11-12-23(32)31(29-22)17-16-30-15-7-6-9-20(30)18-28-25(33)24-21-10-5-4-8-19(21)13-14-27-24/h4-5,8,10-14,20H,6-7,9,15-18H2,1-3H3,(H,28,33). The van der Waals surface area contributed by atoms with E-state index in [0.717, 1.165) is 48.8 Å². The molecule has 1 aliphatic heterocycles. The van der Waals surface area contributed by atoms with Crippen LogP contribution in [0.2, 0.25) is 0 Å². The van der Waals surface area contributed by atoms with Crippen molar-refractivity contribution in [2.75, 3.05) is 19.6 Å². The largest absolute Gasteiger partial charge is 0.349 e. The summed E-state index contributed by atoms with van der Waals surface area (Å²) in [5, 5.41) is 9.57. The molecule has 174 valence electrons. The molecule has 1 unspecified atom stereocenters. The van der Waals surface area contributed by atoms with E-state index >= 15 is 0 Å². The Labute approximate surface area is 194 Å². The molecular formula is C26H33N5O2. The van der Waals surface area contributed by atoms with Gasteiger partial charge in [-0.05, 0) is 36.9 Å². The molecule has 0 radical (unpaired) electrons. The molecule has 33 heavy (non-hydrogen) atoms. The third-order valence-corrected chi connectivity index (χ3v) is 6.37. The fourth-order valence-electron chi connectivity index (χ4n) is 4.41. The minimum Gasteiger partial charge on any atom is -0.349 e. The third kappa shape index (κ3) is 5.47. The van der Waals surface area contributed by atoms with E-state index in [0.29, 0.717) is 18.8 Å².